The molecule has 2 unspecified atom stereocenters. The van der Waals surface area contributed by atoms with E-state index < -0.39 is 0 Å². The molecule has 1 fully saturated rings. The summed E-state index contributed by atoms with van der Waals surface area (Å²) in [7, 11) is 0. The first kappa shape index (κ1) is 14.1. The molecule has 0 aliphatic heterocycles. The Morgan fingerprint density at radius 2 is 2.05 bits per heavy atom. The number of fused-ring (bicyclic) bond motifs is 1. The standard InChI is InChI=1S/C18H25NS/c1-2-12-19-17-10-5-3-4-8-15(17)16-9-6-7-14-11-13-20-18(14)16/h6-7,9,11,13,15,17,19H,2-5,8,10,12H2,1H3. The predicted molar refractivity (Wildman–Crippen MR) is 89.7 cm³/mol. The van der Waals surface area contributed by atoms with Crippen LogP contribution in [0.1, 0.15) is 56.9 Å². The smallest absolute Gasteiger partial charge is 0.0378 e. The molecule has 1 aliphatic carbocycles. The second-order valence-corrected chi connectivity index (χ2v) is 6.91. The second kappa shape index (κ2) is 6.73. The lowest BCUT2D eigenvalue weighted by Crippen LogP contribution is -2.34. The molecular formula is C18H25NS. The number of hydrogen-bond donors (Lipinski definition) is 1. The monoisotopic (exact) mass is 287 g/mol. The maximum Gasteiger partial charge on any atom is 0.0378 e. The third kappa shape index (κ3) is 2.91. The Hall–Kier alpha value is -0.860. The van der Waals surface area contributed by atoms with Crippen molar-refractivity contribution in [3.63, 3.8) is 0 Å². The number of hydrogen-bond acceptors (Lipinski definition) is 2. The molecule has 1 nitrogen and oxygen atoms in total. The molecule has 0 bridgehead atoms. The van der Waals surface area contributed by atoms with Crippen molar-refractivity contribution in [2.45, 2.75) is 57.4 Å². The Kier molecular flexibility index (Phi) is 4.74. The van der Waals surface area contributed by atoms with Crippen molar-refractivity contribution >= 4 is 21.4 Å². The van der Waals surface area contributed by atoms with Crippen LogP contribution in [0.15, 0.2) is 29.6 Å². The topological polar surface area (TPSA) is 12.0 Å². The van der Waals surface area contributed by atoms with E-state index in [9.17, 15) is 0 Å². The lowest BCUT2D eigenvalue weighted by Gasteiger charge is -2.27. The third-order valence-corrected chi connectivity index (χ3v) is 5.56. The molecule has 2 atom stereocenters. The van der Waals surface area contributed by atoms with Gasteiger partial charge in [-0.25, -0.2) is 0 Å². The zero-order valence-electron chi connectivity index (χ0n) is 12.4. The maximum absolute atomic E-state index is 3.82. The molecule has 1 aromatic carbocycles. The summed E-state index contributed by atoms with van der Waals surface area (Å²) in [5.74, 6) is 0.700. The first-order chi connectivity index (χ1) is 9.90. The highest BCUT2D eigenvalue weighted by Gasteiger charge is 2.26. The van der Waals surface area contributed by atoms with Crippen molar-refractivity contribution in [3.05, 3.63) is 35.2 Å². The SMILES string of the molecule is CCCNC1CCCCCC1c1cccc2ccsc12. The maximum atomic E-state index is 3.82. The van der Waals surface area contributed by atoms with Gasteiger partial charge in [-0.05, 0) is 48.2 Å². The minimum absolute atomic E-state index is 0.671. The van der Waals surface area contributed by atoms with Crippen LogP contribution in [0.25, 0.3) is 10.1 Å². The highest BCUT2D eigenvalue weighted by Crippen LogP contribution is 2.37. The van der Waals surface area contributed by atoms with E-state index in [1.165, 1.54) is 48.6 Å². The van der Waals surface area contributed by atoms with E-state index >= 15 is 0 Å². The lowest BCUT2D eigenvalue weighted by molar-refractivity contribution is 0.413. The number of benzene rings is 1. The summed E-state index contributed by atoms with van der Waals surface area (Å²) in [6, 6.07) is 9.79. The summed E-state index contributed by atoms with van der Waals surface area (Å²) < 4.78 is 1.52. The summed E-state index contributed by atoms with van der Waals surface area (Å²) in [6.07, 6.45) is 8.09. The van der Waals surface area contributed by atoms with Gasteiger partial charge in [-0.1, -0.05) is 44.4 Å². The van der Waals surface area contributed by atoms with E-state index in [-0.39, 0.29) is 0 Å². The molecule has 3 rings (SSSR count). The average Bonchev–Trinajstić information content (AvgIpc) is 2.84. The molecule has 0 amide bonds. The van der Waals surface area contributed by atoms with Crippen molar-refractivity contribution in [1.29, 1.82) is 0 Å². The summed E-state index contributed by atoms with van der Waals surface area (Å²) in [5, 5.41) is 7.48. The molecule has 1 aromatic heterocycles. The van der Waals surface area contributed by atoms with Gasteiger partial charge in [0, 0.05) is 16.7 Å². The normalized spacial score (nSPS) is 23.9. The first-order valence-electron chi connectivity index (χ1n) is 8.09. The Labute approximate surface area is 126 Å². The van der Waals surface area contributed by atoms with Gasteiger partial charge in [0.15, 0.2) is 0 Å². The third-order valence-electron chi connectivity index (χ3n) is 4.58. The average molecular weight is 287 g/mol. The molecular weight excluding hydrogens is 262 g/mol. The number of nitrogens with one attached hydrogen (secondary N) is 1. The molecule has 108 valence electrons. The van der Waals surface area contributed by atoms with Gasteiger partial charge in [0.25, 0.3) is 0 Å². The van der Waals surface area contributed by atoms with Crippen molar-refractivity contribution < 1.29 is 0 Å². The van der Waals surface area contributed by atoms with E-state index in [2.05, 4.69) is 41.9 Å². The summed E-state index contributed by atoms with van der Waals surface area (Å²) in [5.41, 5.74) is 1.59. The van der Waals surface area contributed by atoms with Crippen LogP contribution in [0.5, 0.6) is 0 Å². The first-order valence-corrected chi connectivity index (χ1v) is 8.97. The zero-order valence-corrected chi connectivity index (χ0v) is 13.2. The highest BCUT2D eigenvalue weighted by atomic mass is 32.1. The van der Waals surface area contributed by atoms with Crippen molar-refractivity contribution in [3.8, 4) is 0 Å². The number of thiophene rings is 1. The molecule has 20 heavy (non-hydrogen) atoms. The quantitative estimate of drug-likeness (QED) is 0.751. The van der Waals surface area contributed by atoms with Gasteiger partial charge >= 0.3 is 0 Å². The summed E-state index contributed by atoms with van der Waals surface area (Å²) in [4.78, 5) is 0. The molecule has 2 heteroatoms. The Balaban J connectivity index is 1.93. The van der Waals surface area contributed by atoms with Crippen LogP contribution in [0.4, 0.5) is 0 Å². The molecule has 0 radical (unpaired) electrons. The molecule has 1 N–H and O–H groups in total. The van der Waals surface area contributed by atoms with Crippen molar-refractivity contribution in [2.75, 3.05) is 6.54 Å². The Bertz CT molecular complexity index is 545. The Morgan fingerprint density at radius 1 is 1.15 bits per heavy atom. The molecule has 1 aliphatic rings. The van der Waals surface area contributed by atoms with Crippen LogP contribution in [0.3, 0.4) is 0 Å². The fourth-order valence-corrected chi connectivity index (χ4v) is 4.54. The van der Waals surface area contributed by atoms with E-state index in [1.807, 2.05) is 11.3 Å². The predicted octanol–water partition coefficient (Wildman–Crippen LogP) is 5.32. The summed E-state index contributed by atoms with van der Waals surface area (Å²) in [6.45, 7) is 3.42. The van der Waals surface area contributed by atoms with Crippen LogP contribution < -0.4 is 5.32 Å². The van der Waals surface area contributed by atoms with Crippen LogP contribution in [0.2, 0.25) is 0 Å². The summed E-state index contributed by atoms with van der Waals surface area (Å²) >= 11 is 1.91. The largest absolute Gasteiger partial charge is 0.313 e. The van der Waals surface area contributed by atoms with Crippen LogP contribution >= 0.6 is 11.3 Å². The fourth-order valence-electron chi connectivity index (χ4n) is 3.56. The molecule has 1 heterocycles. The Morgan fingerprint density at radius 3 is 2.95 bits per heavy atom. The van der Waals surface area contributed by atoms with E-state index in [0.29, 0.717) is 12.0 Å². The lowest BCUT2D eigenvalue weighted by atomic mass is 9.87. The molecule has 0 spiro atoms. The van der Waals surface area contributed by atoms with Gasteiger partial charge < -0.3 is 5.32 Å². The number of rotatable bonds is 4. The van der Waals surface area contributed by atoms with Crippen molar-refractivity contribution in [2.24, 2.45) is 0 Å². The van der Waals surface area contributed by atoms with Crippen LogP contribution in [-0.4, -0.2) is 12.6 Å². The van der Waals surface area contributed by atoms with Crippen LogP contribution in [0, 0.1) is 0 Å². The van der Waals surface area contributed by atoms with Gasteiger partial charge in [-0.2, -0.15) is 0 Å². The fraction of sp³-hybridized carbons (Fsp3) is 0.556. The second-order valence-electron chi connectivity index (χ2n) is 5.99. The van der Waals surface area contributed by atoms with Gasteiger partial charge in [0.2, 0.25) is 0 Å². The highest BCUT2D eigenvalue weighted by molar-refractivity contribution is 7.17. The van der Waals surface area contributed by atoms with Gasteiger partial charge in [-0.3, -0.25) is 0 Å². The molecule has 0 saturated heterocycles. The minimum Gasteiger partial charge on any atom is -0.313 e. The zero-order chi connectivity index (χ0) is 13.8. The van der Waals surface area contributed by atoms with Gasteiger partial charge in [0.05, 0.1) is 0 Å². The molecule has 2 aromatic rings. The van der Waals surface area contributed by atoms with E-state index in [0.717, 1.165) is 6.54 Å². The van der Waals surface area contributed by atoms with Crippen molar-refractivity contribution in [1.82, 2.24) is 5.32 Å². The van der Waals surface area contributed by atoms with Gasteiger partial charge in [-0.15, -0.1) is 11.3 Å². The van der Waals surface area contributed by atoms with Gasteiger partial charge in [0.1, 0.15) is 0 Å². The van der Waals surface area contributed by atoms with Crippen LogP contribution in [-0.2, 0) is 0 Å². The van der Waals surface area contributed by atoms with E-state index in [4.69, 9.17) is 0 Å². The minimum atomic E-state index is 0.671. The molecule has 1 saturated carbocycles. The van der Waals surface area contributed by atoms with E-state index in [1.54, 1.807) is 5.56 Å².